The largest absolute Gasteiger partial charge is 0.466 e. The van der Waals surface area contributed by atoms with Crippen LogP contribution in [0.5, 0.6) is 0 Å². The standard InChI is InChI=1S/C14H20O/c1-10-6-9-14(15-10)13-8-7-11-4-2-3-5-12(11)13/h6,9,11-13H,2-5,7-8H2,1H3. The molecule has 1 heterocycles. The lowest BCUT2D eigenvalue weighted by Crippen LogP contribution is -2.17. The second kappa shape index (κ2) is 3.70. The monoisotopic (exact) mass is 204 g/mol. The quantitative estimate of drug-likeness (QED) is 0.665. The molecule has 1 aromatic heterocycles. The van der Waals surface area contributed by atoms with E-state index in [9.17, 15) is 0 Å². The maximum absolute atomic E-state index is 5.82. The Hall–Kier alpha value is -0.720. The highest BCUT2D eigenvalue weighted by Crippen LogP contribution is 2.50. The second-order valence-electron chi connectivity index (χ2n) is 5.34. The Balaban J connectivity index is 1.82. The number of furan rings is 1. The van der Waals surface area contributed by atoms with Gasteiger partial charge in [-0.25, -0.2) is 0 Å². The van der Waals surface area contributed by atoms with Crippen molar-refractivity contribution in [2.75, 3.05) is 0 Å². The molecular weight excluding hydrogens is 184 g/mol. The molecule has 3 atom stereocenters. The molecule has 2 aliphatic rings. The molecule has 0 aromatic carbocycles. The van der Waals surface area contributed by atoms with E-state index in [1.165, 1.54) is 44.3 Å². The Morgan fingerprint density at radius 1 is 1.07 bits per heavy atom. The van der Waals surface area contributed by atoms with Crippen molar-refractivity contribution in [3.63, 3.8) is 0 Å². The van der Waals surface area contributed by atoms with Crippen molar-refractivity contribution in [3.8, 4) is 0 Å². The molecule has 0 N–H and O–H groups in total. The van der Waals surface area contributed by atoms with Gasteiger partial charge in [-0.3, -0.25) is 0 Å². The maximum Gasteiger partial charge on any atom is 0.107 e. The molecule has 3 rings (SSSR count). The van der Waals surface area contributed by atoms with Gasteiger partial charge in [-0.15, -0.1) is 0 Å². The van der Waals surface area contributed by atoms with Crippen LogP contribution >= 0.6 is 0 Å². The summed E-state index contributed by atoms with van der Waals surface area (Å²) >= 11 is 0. The average Bonchev–Trinajstić information content (AvgIpc) is 2.83. The molecule has 0 amide bonds. The van der Waals surface area contributed by atoms with Crippen LogP contribution in [0.15, 0.2) is 16.5 Å². The summed E-state index contributed by atoms with van der Waals surface area (Å²) in [7, 11) is 0. The van der Waals surface area contributed by atoms with Crippen molar-refractivity contribution in [2.45, 2.75) is 51.4 Å². The van der Waals surface area contributed by atoms with Gasteiger partial charge in [-0.1, -0.05) is 19.3 Å². The first-order chi connectivity index (χ1) is 7.34. The fraction of sp³-hybridized carbons (Fsp3) is 0.714. The lowest BCUT2D eigenvalue weighted by Gasteiger charge is -2.28. The van der Waals surface area contributed by atoms with E-state index in [4.69, 9.17) is 4.42 Å². The molecule has 0 spiro atoms. The first-order valence-electron chi connectivity index (χ1n) is 6.41. The topological polar surface area (TPSA) is 13.1 Å². The van der Waals surface area contributed by atoms with Gasteiger partial charge in [0.15, 0.2) is 0 Å². The van der Waals surface area contributed by atoms with Gasteiger partial charge in [-0.05, 0) is 50.2 Å². The average molecular weight is 204 g/mol. The van der Waals surface area contributed by atoms with Crippen LogP contribution in [0.3, 0.4) is 0 Å². The second-order valence-corrected chi connectivity index (χ2v) is 5.34. The van der Waals surface area contributed by atoms with Gasteiger partial charge < -0.3 is 4.42 Å². The van der Waals surface area contributed by atoms with E-state index >= 15 is 0 Å². The van der Waals surface area contributed by atoms with Crippen LogP contribution in [0.2, 0.25) is 0 Å². The number of aryl methyl sites for hydroxylation is 1. The SMILES string of the molecule is Cc1ccc(C2CCC3CCCCC32)o1. The minimum atomic E-state index is 0.740. The Morgan fingerprint density at radius 3 is 2.73 bits per heavy atom. The third-order valence-electron chi connectivity index (χ3n) is 4.46. The Morgan fingerprint density at radius 2 is 1.93 bits per heavy atom. The van der Waals surface area contributed by atoms with Gasteiger partial charge in [0.2, 0.25) is 0 Å². The van der Waals surface area contributed by atoms with Crippen molar-refractivity contribution < 1.29 is 4.42 Å². The van der Waals surface area contributed by atoms with Crippen molar-refractivity contribution in [1.29, 1.82) is 0 Å². The molecule has 2 aliphatic carbocycles. The van der Waals surface area contributed by atoms with Crippen molar-refractivity contribution in [3.05, 3.63) is 23.7 Å². The van der Waals surface area contributed by atoms with E-state index in [2.05, 4.69) is 19.1 Å². The van der Waals surface area contributed by atoms with Crippen molar-refractivity contribution in [2.24, 2.45) is 11.8 Å². The predicted octanol–water partition coefficient (Wildman–Crippen LogP) is 4.27. The molecule has 1 heteroatoms. The van der Waals surface area contributed by atoms with Crippen LogP contribution in [0, 0.1) is 18.8 Å². The van der Waals surface area contributed by atoms with Crippen LogP contribution in [0.4, 0.5) is 0 Å². The molecular formula is C14H20O. The molecule has 1 nitrogen and oxygen atoms in total. The molecule has 2 saturated carbocycles. The summed E-state index contributed by atoms with van der Waals surface area (Å²) in [5.74, 6) is 5.02. The summed E-state index contributed by atoms with van der Waals surface area (Å²) in [6.45, 7) is 2.05. The van der Waals surface area contributed by atoms with E-state index in [0.29, 0.717) is 0 Å². The molecule has 82 valence electrons. The molecule has 3 unspecified atom stereocenters. The van der Waals surface area contributed by atoms with Gasteiger partial charge >= 0.3 is 0 Å². The highest BCUT2D eigenvalue weighted by molar-refractivity contribution is 5.14. The first-order valence-corrected chi connectivity index (χ1v) is 6.41. The van der Waals surface area contributed by atoms with E-state index in [1.54, 1.807) is 0 Å². The normalized spacial score (nSPS) is 35.4. The minimum Gasteiger partial charge on any atom is -0.466 e. The summed E-state index contributed by atoms with van der Waals surface area (Å²) in [5.41, 5.74) is 0. The number of hydrogen-bond acceptors (Lipinski definition) is 1. The predicted molar refractivity (Wildman–Crippen MR) is 60.9 cm³/mol. The Labute approximate surface area is 91.9 Å². The number of rotatable bonds is 1. The lowest BCUT2D eigenvalue weighted by atomic mass is 9.77. The van der Waals surface area contributed by atoms with Gasteiger partial charge in [0, 0.05) is 5.92 Å². The Kier molecular flexibility index (Phi) is 2.34. The van der Waals surface area contributed by atoms with Crippen LogP contribution in [0.25, 0.3) is 0 Å². The zero-order chi connectivity index (χ0) is 10.3. The fourth-order valence-electron chi connectivity index (χ4n) is 3.74. The van der Waals surface area contributed by atoms with E-state index in [-0.39, 0.29) is 0 Å². The zero-order valence-electron chi connectivity index (χ0n) is 9.54. The number of fused-ring (bicyclic) bond motifs is 1. The first kappa shape index (κ1) is 9.50. The van der Waals surface area contributed by atoms with Crippen LogP contribution < -0.4 is 0 Å². The van der Waals surface area contributed by atoms with Crippen LogP contribution in [0.1, 0.15) is 56.0 Å². The van der Waals surface area contributed by atoms with Crippen molar-refractivity contribution >= 4 is 0 Å². The lowest BCUT2D eigenvalue weighted by molar-refractivity contribution is 0.246. The zero-order valence-corrected chi connectivity index (χ0v) is 9.54. The van der Waals surface area contributed by atoms with E-state index in [1.807, 2.05) is 0 Å². The maximum atomic E-state index is 5.82. The van der Waals surface area contributed by atoms with E-state index in [0.717, 1.165) is 23.5 Å². The van der Waals surface area contributed by atoms with E-state index < -0.39 is 0 Å². The molecule has 15 heavy (non-hydrogen) atoms. The highest BCUT2D eigenvalue weighted by Gasteiger charge is 2.39. The van der Waals surface area contributed by atoms with Gasteiger partial charge in [0.25, 0.3) is 0 Å². The van der Waals surface area contributed by atoms with Gasteiger partial charge in [-0.2, -0.15) is 0 Å². The molecule has 0 radical (unpaired) electrons. The molecule has 1 aromatic rings. The Bertz CT molecular complexity index is 339. The number of hydrogen-bond donors (Lipinski definition) is 0. The molecule has 2 fully saturated rings. The summed E-state index contributed by atoms with van der Waals surface area (Å²) in [6.07, 6.45) is 8.62. The fourth-order valence-corrected chi connectivity index (χ4v) is 3.74. The van der Waals surface area contributed by atoms with Crippen LogP contribution in [-0.4, -0.2) is 0 Å². The van der Waals surface area contributed by atoms with Crippen LogP contribution in [-0.2, 0) is 0 Å². The van der Waals surface area contributed by atoms with Gasteiger partial charge in [0.1, 0.15) is 11.5 Å². The summed E-state index contributed by atoms with van der Waals surface area (Å²) in [5, 5.41) is 0. The molecule has 0 aliphatic heterocycles. The summed E-state index contributed by atoms with van der Waals surface area (Å²) in [4.78, 5) is 0. The minimum absolute atomic E-state index is 0.740. The summed E-state index contributed by atoms with van der Waals surface area (Å²) in [6, 6.07) is 4.32. The smallest absolute Gasteiger partial charge is 0.107 e. The highest BCUT2D eigenvalue weighted by atomic mass is 16.3. The molecule has 0 saturated heterocycles. The van der Waals surface area contributed by atoms with Crippen molar-refractivity contribution in [1.82, 2.24) is 0 Å². The summed E-state index contributed by atoms with van der Waals surface area (Å²) < 4.78 is 5.82. The third kappa shape index (κ3) is 1.62. The molecule has 0 bridgehead atoms. The van der Waals surface area contributed by atoms with Gasteiger partial charge in [0.05, 0.1) is 0 Å². The third-order valence-corrected chi connectivity index (χ3v) is 4.46.